The molecule has 0 bridgehead atoms. The van der Waals surface area contributed by atoms with Crippen LogP contribution in [0.25, 0.3) is 0 Å². The van der Waals surface area contributed by atoms with Gasteiger partial charge in [-0.25, -0.2) is 0 Å². The minimum Gasteiger partial charge on any atom is -0.354 e. The first-order valence-electron chi connectivity index (χ1n) is 8.79. The largest absolute Gasteiger partial charge is 0.354 e. The standard InChI is InChI=1S/C17H26N6S.HI/c1-2-16-21-20-14-23(16)12-9-19-17(22-10-3-4-11-22)18-8-7-15-6-5-13-24-15;/h5-6,13-14H,2-4,7-12H2,1H3,(H,18,19);1H. The van der Waals surface area contributed by atoms with Crippen LogP contribution in [0.5, 0.6) is 0 Å². The maximum atomic E-state index is 4.84. The Kier molecular flexibility index (Phi) is 8.66. The number of rotatable bonds is 7. The molecule has 0 unspecified atom stereocenters. The molecule has 0 saturated carbocycles. The maximum Gasteiger partial charge on any atom is 0.193 e. The molecule has 8 heteroatoms. The van der Waals surface area contributed by atoms with Crippen molar-refractivity contribution >= 4 is 41.3 Å². The zero-order valence-electron chi connectivity index (χ0n) is 14.7. The molecular weight excluding hydrogens is 447 g/mol. The minimum absolute atomic E-state index is 0. The lowest BCUT2D eigenvalue weighted by molar-refractivity contribution is 0.486. The fourth-order valence-corrected chi connectivity index (χ4v) is 3.65. The Bertz CT molecular complexity index is 633. The van der Waals surface area contributed by atoms with Crippen LogP contribution in [-0.4, -0.2) is 51.8 Å². The third kappa shape index (κ3) is 5.95. The monoisotopic (exact) mass is 474 g/mol. The van der Waals surface area contributed by atoms with Gasteiger partial charge in [0, 0.05) is 50.4 Å². The van der Waals surface area contributed by atoms with Crippen LogP contribution in [0.3, 0.4) is 0 Å². The summed E-state index contributed by atoms with van der Waals surface area (Å²) in [5.41, 5.74) is 0. The molecule has 0 radical (unpaired) electrons. The summed E-state index contributed by atoms with van der Waals surface area (Å²) in [5, 5.41) is 13.8. The Morgan fingerprint density at radius 1 is 1.36 bits per heavy atom. The van der Waals surface area contributed by atoms with Gasteiger partial charge in [-0.3, -0.25) is 4.99 Å². The Morgan fingerprint density at radius 2 is 2.20 bits per heavy atom. The van der Waals surface area contributed by atoms with Crippen molar-refractivity contribution in [1.29, 1.82) is 0 Å². The van der Waals surface area contributed by atoms with E-state index in [-0.39, 0.29) is 24.0 Å². The first kappa shape index (κ1) is 20.2. The molecule has 138 valence electrons. The number of nitrogens with one attached hydrogen (secondary N) is 1. The average Bonchev–Trinajstić information content (AvgIpc) is 3.35. The number of aryl methyl sites for hydroxylation is 1. The number of thiophene rings is 1. The number of hydrogen-bond donors (Lipinski definition) is 1. The maximum absolute atomic E-state index is 4.84. The minimum atomic E-state index is 0. The van der Waals surface area contributed by atoms with Gasteiger partial charge in [-0.15, -0.1) is 45.5 Å². The lowest BCUT2D eigenvalue weighted by Gasteiger charge is -2.21. The van der Waals surface area contributed by atoms with E-state index < -0.39 is 0 Å². The van der Waals surface area contributed by atoms with E-state index >= 15 is 0 Å². The van der Waals surface area contributed by atoms with Gasteiger partial charge in [-0.05, 0) is 24.3 Å². The number of hydrogen-bond acceptors (Lipinski definition) is 4. The first-order valence-corrected chi connectivity index (χ1v) is 9.67. The van der Waals surface area contributed by atoms with Crippen LogP contribution in [0.4, 0.5) is 0 Å². The van der Waals surface area contributed by atoms with E-state index in [4.69, 9.17) is 4.99 Å². The highest BCUT2D eigenvalue weighted by molar-refractivity contribution is 14.0. The molecule has 1 aliphatic heterocycles. The number of guanidine groups is 1. The number of halogens is 1. The van der Waals surface area contributed by atoms with Gasteiger partial charge in [0.05, 0.1) is 0 Å². The molecule has 1 aliphatic rings. The molecule has 1 N–H and O–H groups in total. The van der Waals surface area contributed by atoms with Gasteiger partial charge in [0.2, 0.25) is 0 Å². The zero-order chi connectivity index (χ0) is 16.6. The summed E-state index contributed by atoms with van der Waals surface area (Å²) in [6, 6.07) is 4.29. The van der Waals surface area contributed by atoms with Crippen molar-refractivity contribution in [3.8, 4) is 0 Å². The number of aliphatic imine (C=N–C) groups is 1. The molecule has 3 heterocycles. The Morgan fingerprint density at radius 3 is 2.92 bits per heavy atom. The molecule has 6 nitrogen and oxygen atoms in total. The third-order valence-electron chi connectivity index (χ3n) is 4.25. The van der Waals surface area contributed by atoms with Crippen molar-refractivity contribution in [2.75, 3.05) is 26.2 Å². The average molecular weight is 474 g/mol. The molecule has 0 spiro atoms. The highest BCUT2D eigenvalue weighted by atomic mass is 127. The van der Waals surface area contributed by atoms with Crippen molar-refractivity contribution < 1.29 is 0 Å². The van der Waals surface area contributed by atoms with Crippen LogP contribution >= 0.6 is 35.3 Å². The molecule has 2 aromatic rings. The molecule has 1 saturated heterocycles. The van der Waals surface area contributed by atoms with Crippen LogP contribution in [-0.2, 0) is 19.4 Å². The van der Waals surface area contributed by atoms with E-state index in [2.05, 4.69) is 49.4 Å². The van der Waals surface area contributed by atoms with Crippen LogP contribution in [0, 0.1) is 0 Å². The topological polar surface area (TPSA) is 58.3 Å². The summed E-state index contributed by atoms with van der Waals surface area (Å²) < 4.78 is 2.11. The van der Waals surface area contributed by atoms with Gasteiger partial charge in [0.15, 0.2) is 5.96 Å². The molecule has 0 aromatic carbocycles. The highest BCUT2D eigenvalue weighted by Gasteiger charge is 2.15. The second-order valence-electron chi connectivity index (χ2n) is 5.95. The van der Waals surface area contributed by atoms with Crippen molar-refractivity contribution in [2.45, 2.75) is 39.2 Å². The van der Waals surface area contributed by atoms with Crippen LogP contribution < -0.4 is 5.32 Å². The van der Waals surface area contributed by atoms with E-state index in [0.29, 0.717) is 0 Å². The summed E-state index contributed by atoms with van der Waals surface area (Å²) in [6.45, 7) is 6.88. The molecule has 2 aromatic heterocycles. The normalized spacial score (nSPS) is 14.6. The van der Waals surface area contributed by atoms with Crippen molar-refractivity contribution in [3.05, 3.63) is 34.5 Å². The van der Waals surface area contributed by atoms with E-state index in [9.17, 15) is 0 Å². The van der Waals surface area contributed by atoms with Crippen LogP contribution in [0.2, 0.25) is 0 Å². The van der Waals surface area contributed by atoms with Crippen molar-refractivity contribution in [2.24, 2.45) is 4.99 Å². The molecule has 3 rings (SSSR count). The van der Waals surface area contributed by atoms with Crippen molar-refractivity contribution in [1.82, 2.24) is 25.0 Å². The Balaban J connectivity index is 0.00000225. The Hall–Kier alpha value is -1.16. The lowest BCUT2D eigenvalue weighted by Crippen LogP contribution is -2.41. The predicted octanol–water partition coefficient (Wildman–Crippen LogP) is 2.80. The molecule has 1 fully saturated rings. The van der Waals surface area contributed by atoms with Gasteiger partial charge in [0.25, 0.3) is 0 Å². The second kappa shape index (κ2) is 10.7. The quantitative estimate of drug-likeness (QED) is 0.381. The fourth-order valence-electron chi connectivity index (χ4n) is 2.95. The summed E-state index contributed by atoms with van der Waals surface area (Å²) in [4.78, 5) is 8.62. The van der Waals surface area contributed by atoms with E-state index in [1.54, 1.807) is 11.3 Å². The van der Waals surface area contributed by atoms with Gasteiger partial charge in [-0.2, -0.15) is 0 Å². The number of aromatic nitrogens is 3. The summed E-state index contributed by atoms with van der Waals surface area (Å²) in [5.74, 6) is 2.09. The molecule has 0 atom stereocenters. The van der Waals surface area contributed by atoms with Crippen LogP contribution in [0.15, 0.2) is 28.8 Å². The molecular formula is C17H27IN6S. The predicted molar refractivity (Wildman–Crippen MR) is 114 cm³/mol. The summed E-state index contributed by atoms with van der Waals surface area (Å²) in [6.07, 6.45) is 6.26. The zero-order valence-corrected chi connectivity index (χ0v) is 17.9. The van der Waals surface area contributed by atoms with Gasteiger partial charge in [0.1, 0.15) is 12.2 Å². The van der Waals surface area contributed by atoms with Gasteiger partial charge < -0.3 is 14.8 Å². The van der Waals surface area contributed by atoms with E-state index in [0.717, 1.165) is 57.3 Å². The number of likely N-dealkylation sites (tertiary alicyclic amines) is 1. The Labute approximate surface area is 170 Å². The van der Waals surface area contributed by atoms with Gasteiger partial charge in [-0.1, -0.05) is 13.0 Å². The van der Waals surface area contributed by atoms with Gasteiger partial charge >= 0.3 is 0 Å². The fraction of sp³-hybridized carbons (Fsp3) is 0.588. The smallest absolute Gasteiger partial charge is 0.193 e. The highest BCUT2D eigenvalue weighted by Crippen LogP contribution is 2.10. The second-order valence-corrected chi connectivity index (χ2v) is 6.98. The van der Waals surface area contributed by atoms with E-state index in [1.807, 2.05) is 6.33 Å². The SMILES string of the molecule is CCc1nncn1CCNC(=NCCc1cccs1)N1CCCC1.I. The lowest BCUT2D eigenvalue weighted by atomic mass is 10.3. The molecule has 0 aliphatic carbocycles. The summed E-state index contributed by atoms with van der Waals surface area (Å²) >= 11 is 1.81. The number of nitrogens with zero attached hydrogens (tertiary/aromatic N) is 5. The molecule has 25 heavy (non-hydrogen) atoms. The van der Waals surface area contributed by atoms with Crippen LogP contribution in [0.1, 0.15) is 30.5 Å². The van der Waals surface area contributed by atoms with Crippen molar-refractivity contribution in [3.63, 3.8) is 0 Å². The summed E-state index contributed by atoms with van der Waals surface area (Å²) in [7, 11) is 0. The third-order valence-corrected chi connectivity index (χ3v) is 5.19. The molecule has 0 amide bonds. The first-order chi connectivity index (χ1) is 11.9. The van der Waals surface area contributed by atoms with E-state index in [1.165, 1.54) is 17.7 Å².